The van der Waals surface area contributed by atoms with Gasteiger partial charge in [-0.25, -0.2) is 28.3 Å². The van der Waals surface area contributed by atoms with Crippen molar-refractivity contribution in [2.24, 2.45) is 0 Å². The van der Waals surface area contributed by atoms with Gasteiger partial charge in [0.25, 0.3) is 11.8 Å². The number of nitrogens with zero attached hydrogens (tertiary/aromatic N) is 4. The Balaban J connectivity index is 0.000000174. The number of amides is 2. The van der Waals surface area contributed by atoms with Crippen LogP contribution in [0, 0.1) is 11.6 Å². The van der Waals surface area contributed by atoms with Crippen LogP contribution < -0.4 is 29.9 Å². The van der Waals surface area contributed by atoms with Crippen molar-refractivity contribution in [3.63, 3.8) is 0 Å². The van der Waals surface area contributed by atoms with Gasteiger partial charge in [-0.15, -0.1) is 0 Å². The van der Waals surface area contributed by atoms with Crippen LogP contribution in [0.3, 0.4) is 0 Å². The van der Waals surface area contributed by atoms with Gasteiger partial charge in [-0.05, 0) is 97.5 Å². The number of hydrogen-bond acceptors (Lipinski definition) is 10. The van der Waals surface area contributed by atoms with Crippen molar-refractivity contribution in [2.45, 2.75) is 61.8 Å². The third-order valence-electron chi connectivity index (χ3n) is 12.8. The van der Waals surface area contributed by atoms with Gasteiger partial charge in [0.05, 0.1) is 56.5 Å². The molecule has 360 valence electrons. The molecule has 6 aromatic rings. The Kier molecular flexibility index (Phi) is 13.6. The first-order valence-electron chi connectivity index (χ1n) is 22.6. The van der Waals surface area contributed by atoms with Gasteiger partial charge in [-0.1, -0.05) is 59.6 Å². The predicted molar refractivity (Wildman–Crippen MR) is 257 cm³/mol. The van der Waals surface area contributed by atoms with Gasteiger partial charge in [0.1, 0.15) is 47.0 Å². The lowest BCUT2D eigenvalue weighted by atomic mass is 10.0. The van der Waals surface area contributed by atoms with Crippen molar-refractivity contribution >= 4 is 58.6 Å². The molecule has 4 fully saturated rings. The summed E-state index contributed by atoms with van der Waals surface area (Å²) in [5, 5.41) is 25.2. The van der Waals surface area contributed by atoms with Gasteiger partial charge in [-0.3, -0.25) is 9.59 Å². The number of carboxylic acid groups (broad SMARTS) is 2. The van der Waals surface area contributed by atoms with E-state index < -0.39 is 23.0 Å². The number of pyridine rings is 2. The van der Waals surface area contributed by atoms with Crippen molar-refractivity contribution in [3.05, 3.63) is 177 Å². The summed E-state index contributed by atoms with van der Waals surface area (Å²) < 4.78 is 38.9. The number of aromatic carboxylic acids is 2. The molecule has 0 unspecified atom stereocenters. The van der Waals surface area contributed by atoms with Crippen LogP contribution in [0.25, 0.3) is 0 Å². The number of aromatic nitrogens is 2. The predicted octanol–water partition coefficient (Wildman–Crippen LogP) is 9.30. The van der Waals surface area contributed by atoms with Crippen molar-refractivity contribution in [1.29, 1.82) is 0 Å². The summed E-state index contributed by atoms with van der Waals surface area (Å²) in [5.74, 6) is -1.37. The fraction of sp³-hybridized carbons (Fsp3) is 0.269. The Morgan fingerprint density at radius 1 is 0.586 bits per heavy atom. The molecule has 2 aromatic heterocycles. The fourth-order valence-electron chi connectivity index (χ4n) is 8.86. The molecule has 18 heteroatoms. The topological polar surface area (TPSA) is 184 Å². The molecule has 2 aliphatic heterocycles. The Hall–Kier alpha value is -7.30. The standard InChI is InChI=1S/2C26H23ClFN3O4/c2*27-18-12-22(24(32)30-26(9-10-26)17-6-4-16(5-7-17)25(33)34)23(29-14-18)31-11-8-21(15-31)35-20-3-1-2-19(28)13-20/h2*1-7,12-14,21H,8-11,15H2,(H,30,32)(H,33,34)/t2*21-/m10/s1. The summed E-state index contributed by atoms with van der Waals surface area (Å²) in [7, 11) is 0. The number of anilines is 2. The summed E-state index contributed by atoms with van der Waals surface area (Å²) in [5.41, 5.74) is 1.75. The van der Waals surface area contributed by atoms with Crippen molar-refractivity contribution < 1.29 is 47.6 Å². The van der Waals surface area contributed by atoms with Gasteiger partial charge in [0.15, 0.2) is 0 Å². The Morgan fingerprint density at radius 2 is 0.971 bits per heavy atom. The lowest BCUT2D eigenvalue weighted by Gasteiger charge is -2.23. The number of carbonyl (C=O) groups is 4. The Bertz CT molecular complexity index is 2760. The van der Waals surface area contributed by atoms with Crippen LogP contribution in [0.15, 0.2) is 122 Å². The van der Waals surface area contributed by atoms with E-state index in [1.165, 1.54) is 36.7 Å². The first-order valence-corrected chi connectivity index (χ1v) is 23.4. The first kappa shape index (κ1) is 47.8. The molecule has 4 aromatic carbocycles. The van der Waals surface area contributed by atoms with Gasteiger partial charge in [-0.2, -0.15) is 0 Å². The summed E-state index contributed by atoms with van der Waals surface area (Å²) in [4.78, 5) is 61.9. The molecule has 70 heavy (non-hydrogen) atoms. The summed E-state index contributed by atoms with van der Waals surface area (Å²) >= 11 is 12.4. The zero-order valence-corrected chi connectivity index (χ0v) is 38.9. The largest absolute Gasteiger partial charge is 0.488 e. The van der Waals surface area contributed by atoms with E-state index in [9.17, 15) is 28.0 Å². The Labute approximate surface area is 411 Å². The third-order valence-corrected chi connectivity index (χ3v) is 13.2. The minimum absolute atomic E-state index is 0.173. The van der Waals surface area contributed by atoms with Crippen LogP contribution in [0.1, 0.15) is 91.1 Å². The molecule has 0 spiro atoms. The van der Waals surface area contributed by atoms with Crippen molar-refractivity contribution in [1.82, 2.24) is 20.6 Å². The maximum atomic E-state index is 13.5. The smallest absolute Gasteiger partial charge is 0.335 e. The van der Waals surface area contributed by atoms with E-state index in [0.717, 1.165) is 36.8 Å². The van der Waals surface area contributed by atoms with Crippen molar-refractivity contribution in [3.8, 4) is 11.5 Å². The molecule has 4 N–H and O–H groups in total. The van der Waals surface area contributed by atoms with Crippen LogP contribution in [-0.4, -0.2) is 82.3 Å². The molecule has 10 rings (SSSR count). The molecular weight excluding hydrogens is 946 g/mol. The number of hydrogen-bond donors (Lipinski definition) is 4. The molecule has 2 saturated heterocycles. The SMILES string of the molecule is O=C(O)c1ccc(C2(NC(=O)c3cc(Cl)cnc3N3CC[C@@H](Oc4cccc(F)c4)C3)CC2)cc1.O=C(O)c1ccc(C2(NC(=O)c3cc(Cl)cnc3N3CC[C@H](Oc4cccc(F)c4)C3)CC2)cc1. The van der Waals surface area contributed by atoms with E-state index in [1.54, 1.807) is 84.9 Å². The number of nitrogens with one attached hydrogen (secondary N) is 2. The van der Waals surface area contributed by atoms with Gasteiger partial charge in [0.2, 0.25) is 0 Å². The Morgan fingerprint density at radius 3 is 1.31 bits per heavy atom. The maximum absolute atomic E-state index is 13.5. The molecule has 4 aliphatic rings. The highest BCUT2D eigenvalue weighted by molar-refractivity contribution is 6.31. The van der Waals surface area contributed by atoms with Gasteiger partial charge < -0.3 is 40.1 Å². The molecule has 2 atom stereocenters. The number of carbonyl (C=O) groups excluding carboxylic acids is 2. The van der Waals surface area contributed by atoms with Crippen LogP contribution in [-0.2, 0) is 11.1 Å². The second kappa shape index (κ2) is 20.0. The third kappa shape index (κ3) is 10.9. The number of benzene rings is 4. The van der Waals surface area contributed by atoms with Crippen LogP contribution in [0.4, 0.5) is 20.4 Å². The molecule has 0 radical (unpaired) electrons. The monoisotopic (exact) mass is 990 g/mol. The second-order valence-electron chi connectivity index (χ2n) is 17.8. The van der Waals surface area contributed by atoms with E-state index in [2.05, 4.69) is 20.6 Å². The average Bonchev–Trinajstić information content (AvgIpc) is 4.20. The zero-order valence-electron chi connectivity index (χ0n) is 37.4. The number of halogens is 4. The summed E-state index contributed by atoms with van der Waals surface area (Å²) in [6, 6.07) is 28.4. The lowest BCUT2D eigenvalue weighted by Crippen LogP contribution is -2.36. The minimum atomic E-state index is -0.995. The number of rotatable bonds is 14. The quantitative estimate of drug-likeness (QED) is 0.0813. The highest BCUT2D eigenvalue weighted by Gasteiger charge is 2.47. The molecule has 2 aliphatic carbocycles. The van der Waals surface area contributed by atoms with Gasteiger partial charge in [0, 0.05) is 50.5 Å². The molecular formula is C52H46Cl2F2N6O8. The number of carboxylic acids is 2. The molecule has 0 bridgehead atoms. The highest BCUT2D eigenvalue weighted by atomic mass is 35.5. The number of ether oxygens (including phenoxy) is 2. The average molecular weight is 992 g/mol. The normalized spacial score (nSPS) is 18.2. The van der Waals surface area contributed by atoms with Crippen LogP contribution in [0.5, 0.6) is 11.5 Å². The van der Waals surface area contributed by atoms with Gasteiger partial charge >= 0.3 is 11.9 Å². The second-order valence-corrected chi connectivity index (χ2v) is 18.6. The molecule has 2 amide bonds. The summed E-state index contributed by atoms with van der Waals surface area (Å²) in [6.45, 7) is 2.23. The van der Waals surface area contributed by atoms with Crippen LogP contribution in [0.2, 0.25) is 10.0 Å². The van der Waals surface area contributed by atoms with E-state index in [1.807, 2.05) is 9.80 Å². The van der Waals surface area contributed by atoms with E-state index in [-0.39, 0.29) is 46.8 Å². The maximum Gasteiger partial charge on any atom is 0.335 e. The summed E-state index contributed by atoms with van der Waals surface area (Å²) in [6.07, 6.45) is 7.06. The molecule has 4 heterocycles. The zero-order chi connectivity index (χ0) is 49.2. The minimum Gasteiger partial charge on any atom is -0.488 e. The fourth-order valence-corrected chi connectivity index (χ4v) is 9.17. The van der Waals surface area contributed by atoms with E-state index in [4.69, 9.17) is 42.9 Å². The van der Waals surface area contributed by atoms with Crippen LogP contribution >= 0.6 is 23.2 Å². The molecule has 2 saturated carbocycles. The first-order chi connectivity index (χ1) is 33.7. The lowest BCUT2D eigenvalue weighted by molar-refractivity contribution is 0.0686. The highest BCUT2D eigenvalue weighted by Crippen LogP contribution is 2.47. The van der Waals surface area contributed by atoms with E-state index >= 15 is 0 Å². The van der Waals surface area contributed by atoms with Crippen molar-refractivity contribution in [2.75, 3.05) is 36.0 Å². The van der Waals surface area contributed by atoms with E-state index in [0.29, 0.717) is 83.3 Å². The molecule has 14 nitrogen and oxygen atoms in total.